The van der Waals surface area contributed by atoms with E-state index in [4.69, 9.17) is 4.52 Å². The first kappa shape index (κ1) is 20.7. The van der Waals surface area contributed by atoms with E-state index in [-0.39, 0.29) is 5.30 Å². The van der Waals surface area contributed by atoms with Crippen LogP contribution in [-0.4, -0.2) is 4.89 Å². The molecule has 0 aliphatic heterocycles. The van der Waals surface area contributed by atoms with E-state index in [0.29, 0.717) is 5.75 Å². The molecule has 6 aromatic rings. The summed E-state index contributed by atoms with van der Waals surface area (Å²) in [5, 5.41) is 6.61. The van der Waals surface area contributed by atoms with Crippen LogP contribution in [0, 0.1) is 0 Å². The van der Waals surface area contributed by atoms with Crippen molar-refractivity contribution in [1.82, 2.24) is 0 Å². The molecule has 4 heteroatoms. The molecule has 1 unspecified atom stereocenters. The molecular weight excluding hydrogens is 439 g/mol. The van der Waals surface area contributed by atoms with E-state index in [9.17, 15) is 9.46 Å². The summed E-state index contributed by atoms with van der Waals surface area (Å²) in [4.78, 5) is 10.9. The molecular formula is C30H21O3P. The van der Waals surface area contributed by atoms with Gasteiger partial charge in [0.15, 0.2) is 0 Å². The molecule has 164 valence electrons. The van der Waals surface area contributed by atoms with Gasteiger partial charge in [-0.25, -0.2) is 4.57 Å². The molecule has 0 radical (unpaired) electrons. The second-order valence-electron chi connectivity index (χ2n) is 8.33. The van der Waals surface area contributed by atoms with E-state index >= 15 is 0 Å². The van der Waals surface area contributed by atoms with Crippen LogP contribution < -0.4 is 9.83 Å². The minimum Gasteiger partial charge on any atom is -0.420 e. The van der Waals surface area contributed by atoms with Crippen molar-refractivity contribution >= 4 is 45.2 Å². The summed E-state index contributed by atoms with van der Waals surface area (Å²) in [6.07, 6.45) is 0. The normalized spacial score (nSPS) is 13.2. The Bertz CT molecular complexity index is 1720. The van der Waals surface area contributed by atoms with Gasteiger partial charge in [0.2, 0.25) is 0 Å². The minimum atomic E-state index is -4.11. The lowest BCUT2D eigenvalue weighted by Gasteiger charge is -2.19. The molecule has 0 saturated heterocycles. The second-order valence-corrected chi connectivity index (χ2v) is 10.1. The molecule has 0 aliphatic carbocycles. The van der Waals surface area contributed by atoms with Crippen molar-refractivity contribution in [2.24, 2.45) is 0 Å². The monoisotopic (exact) mass is 460 g/mol. The SMILES string of the molecule is O=P(O)(Oc1c(-c2ccc3ccc4ccccc4c3c2)ccc2ccccc12)c1ccccc1. The Morgan fingerprint density at radius 1 is 0.559 bits per heavy atom. The fraction of sp³-hybridized carbons (Fsp3) is 0. The van der Waals surface area contributed by atoms with Crippen LogP contribution >= 0.6 is 7.60 Å². The van der Waals surface area contributed by atoms with Crippen molar-refractivity contribution in [2.75, 3.05) is 0 Å². The number of hydrogen-bond acceptors (Lipinski definition) is 2. The van der Waals surface area contributed by atoms with E-state index in [1.807, 2.05) is 60.7 Å². The van der Waals surface area contributed by atoms with Crippen LogP contribution in [0.15, 0.2) is 121 Å². The number of benzene rings is 6. The number of fused-ring (bicyclic) bond motifs is 4. The van der Waals surface area contributed by atoms with Crippen LogP contribution in [0.25, 0.3) is 43.4 Å². The highest BCUT2D eigenvalue weighted by Crippen LogP contribution is 2.48. The maximum absolute atomic E-state index is 13.3. The number of hydrogen-bond donors (Lipinski definition) is 1. The highest BCUT2D eigenvalue weighted by Gasteiger charge is 2.27. The molecule has 0 saturated carbocycles. The van der Waals surface area contributed by atoms with Crippen LogP contribution in [0.3, 0.4) is 0 Å². The fourth-order valence-corrected chi connectivity index (χ4v) is 5.63. The van der Waals surface area contributed by atoms with Gasteiger partial charge in [-0.05, 0) is 56.8 Å². The molecule has 0 fully saturated rings. The van der Waals surface area contributed by atoms with Crippen molar-refractivity contribution in [3.8, 4) is 16.9 Å². The molecule has 3 nitrogen and oxygen atoms in total. The topological polar surface area (TPSA) is 46.5 Å². The van der Waals surface area contributed by atoms with Crippen LogP contribution in [-0.2, 0) is 4.57 Å². The molecule has 0 spiro atoms. The van der Waals surface area contributed by atoms with E-state index in [0.717, 1.165) is 32.7 Å². The smallest absolute Gasteiger partial charge is 0.408 e. The van der Waals surface area contributed by atoms with Gasteiger partial charge < -0.3 is 9.42 Å². The molecule has 0 heterocycles. The quantitative estimate of drug-likeness (QED) is 0.217. The molecule has 0 aromatic heterocycles. The molecule has 1 N–H and O–H groups in total. The Morgan fingerprint density at radius 2 is 1.12 bits per heavy atom. The predicted octanol–water partition coefficient (Wildman–Crippen LogP) is 7.70. The summed E-state index contributed by atoms with van der Waals surface area (Å²) in [5.74, 6) is 0.410. The molecule has 6 rings (SSSR count). The molecule has 0 amide bonds. The third kappa shape index (κ3) is 3.56. The maximum Gasteiger partial charge on any atom is 0.408 e. The molecule has 6 aromatic carbocycles. The summed E-state index contributed by atoms with van der Waals surface area (Å²) in [5.41, 5.74) is 1.71. The van der Waals surface area contributed by atoms with Gasteiger partial charge in [-0.1, -0.05) is 97.1 Å². The van der Waals surface area contributed by atoms with Crippen molar-refractivity contribution in [3.63, 3.8) is 0 Å². The zero-order valence-corrected chi connectivity index (χ0v) is 19.2. The van der Waals surface area contributed by atoms with Gasteiger partial charge in [0.25, 0.3) is 0 Å². The first-order chi connectivity index (χ1) is 16.6. The van der Waals surface area contributed by atoms with Crippen LogP contribution in [0.1, 0.15) is 0 Å². The summed E-state index contributed by atoms with van der Waals surface area (Å²) in [6, 6.07) is 39.1. The lowest BCUT2D eigenvalue weighted by Crippen LogP contribution is -2.09. The first-order valence-electron chi connectivity index (χ1n) is 11.1. The Balaban J connectivity index is 1.59. The maximum atomic E-state index is 13.3. The van der Waals surface area contributed by atoms with Crippen LogP contribution in [0.4, 0.5) is 0 Å². The summed E-state index contributed by atoms with van der Waals surface area (Å²) in [7, 11) is -4.11. The minimum absolute atomic E-state index is 0.262. The van der Waals surface area contributed by atoms with Crippen LogP contribution in [0.2, 0.25) is 0 Å². The van der Waals surface area contributed by atoms with Gasteiger partial charge in [0.05, 0.1) is 5.30 Å². The van der Waals surface area contributed by atoms with Crippen molar-refractivity contribution in [2.45, 2.75) is 0 Å². The Morgan fingerprint density at radius 3 is 1.88 bits per heavy atom. The van der Waals surface area contributed by atoms with Gasteiger partial charge in [-0.15, -0.1) is 0 Å². The average molecular weight is 460 g/mol. The molecule has 0 aliphatic rings. The van der Waals surface area contributed by atoms with Gasteiger partial charge in [0.1, 0.15) is 5.75 Å². The fourth-order valence-electron chi connectivity index (χ4n) is 4.53. The lowest BCUT2D eigenvalue weighted by molar-refractivity contribution is 0.395. The molecule has 1 atom stereocenters. The van der Waals surface area contributed by atoms with Crippen LogP contribution in [0.5, 0.6) is 5.75 Å². The summed E-state index contributed by atoms with van der Waals surface area (Å²) < 4.78 is 19.3. The zero-order valence-electron chi connectivity index (χ0n) is 18.3. The molecule has 0 bridgehead atoms. The van der Waals surface area contributed by atoms with Gasteiger partial charge in [-0.2, -0.15) is 0 Å². The second kappa shape index (κ2) is 8.14. The van der Waals surface area contributed by atoms with E-state index in [2.05, 4.69) is 36.4 Å². The van der Waals surface area contributed by atoms with E-state index < -0.39 is 7.60 Å². The van der Waals surface area contributed by atoms with Crippen molar-refractivity contribution in [3.05, 3.63) is 121 Å². The average Bonchev–Trinajstić information content (AvgIpc) is 2.89. The Kier molecular flexibility index (Phi) is 4.95. The molecule has 34 heavy (non-hydrogen) atoms. The summed E-state index contributed by atoms with van der Waals surface area (Å²) >= 11 is 0. The van der Waals surface area contributed by atoms with E-state index in [1.165, 1.54) is 10.8 Å². The van der Waals surface area contributed by atoms with Crippen molar-refractivity contribution < 1.29 is 14.0 Å². The largest absolute Gasteiger partial charge is 0.420 e. The van der Waals surface area contributed by atoms with E-state index in [1.54, 1.807) is 24.3 Å². The highest BCUT2D eigenvalue weighted by atomic mass is 31.2. The predicted molar refractivity (Wildman–Crippen MR) is 141 cm³/mol. The lowest BCUT2D eigenvalue weighted by atomic mass is 9.95. The zero-order chi connectivity index (χ0) is 23.1. The van der Waals surface area contributed by atoms with Gasteiger partial charge in [-0.3, -0.25) is 0 Å². The Labute approximate surface area is 197 Å². The van der Waals surface area contributed by atoms with Gasteiger partial charge in [0, 0.05) is 10.9 Å². The first-order valence-corrected chi connectivity index (χ1v) is 12.7. The third-order valence-corrected chi connectivity index (χ3v) is 7.62. The third-order valence-electron chi connectivity index (χ3n) is 6.23. The standard InChI is InChI=1S/C30H21O3P/c31-34(32,25-10-2-1-3-11-25)33-30-27-13-7-5-9-22(27)18-19-28(30)24-17-16-23-15-14-21-8-4-6-12-26(21)29(23)20-24/h1-20H,(H,31,32). The Hall–Kier alpha value is -3.91. The van der Waals surface area contributed by atoms with Gasteiger partial charge >= 0.3 is 7.60 Å². The van der Waals surface area contributed by atoms with Crippen molar-refractivity contribution in [1.29, 1.82) is 0 Å². The number of rotatable bonds is 4. The summed E-state index contributed by atoms with van der Waals surface area (Å²) in [6.45, 7) is 0. The highest BCUT2D eigenvalue weighted by molar-refractivity contribution is 7.61.